The van der Waals surface area contributed by atoms with Crippen LogP contribution in [0.15, 0.2) is 0 Å². The van der Waals surface area contributed by atoms with Gasteiger partial charge >= 0.3 is 30.4 Å². The Bertz CT molecular complexity index is 11.6. The van der Waals surface area contributed by atoms with E-state index in [1.54, 1.807) is 0 Å². The van der Waals surface area contributed by atoms with Crippen LogP contribution in [0.4, 0.5) is 8.44 Å². The van der Waals surface area contributed by atoms with Crippen molar-refractivity contribution < 1.29 is 8.44 Å². The van der Waals surface area contributed by atoms with Crippen molar-refractivity contribution in [3.63, 3.8) is 0 Å². The Hall–Kier alpha value is 1.34. The fraction of sp³-hybridized carbons (Fsp3) is 0. The van der Waals surface area contributed by atoms with E-state index in [1.165, 1.54) is 0 Å². The SMILES string of the molecule is I.[F][Sb]([F])[F]. The summed E-state index contributed by atoms with van der Waals surface area (Å²) >= 11 is -4.95. The molecule has 0 N–H and O–H groups in total. The summed E-state index contributed by atoms with van der Waals surface area (Å²) in [7, 11) is 0. The Morgan fingerprint density at radius 1 is 1.00 bits per heavy atom. The molecular weight excluding hydrogens is 306 g/mol. The van der Waals surface area contributed by atoms with E-state index in [4.69, 9.17) is 0 Å². The molecule has 0 atom stereocenters. The van der Waals surface area contributed by atoms with Crippen LogP contribution in [0.3, 0.4) is 0 Å². The van der Waals surface area contributed by atoms with Crippen molar-refractivity contribution in [1.82, 2.24) is 0 Å². The van der Waals surface area contributed by atoms with Gasteiger partial charge < -0.3 is 0 Å². The second kappa shape index (κ2) is 5.34. The predicted octanol–water partition coefficient (Wildman–Crippen LogP) is 1.50. The van der Waals surface area contributed by atoms with Crippen LogP contribution in [0, 0.1) is 0 Å². The van der Waals surface area contributed by atoms with Gasteiger partial charge in [-0.2, -0.15) is 0 Å². The van der Waals surface area contributed by atoms with Gasteiger partial charge in [0.15, 0.2) is 0 Å². The number of hydrogen-bond donors (Lipinski definition) is 0. The zero-order valence-electron chi connectivity index (χ0n) is 1.99. The van der Waals surface area contributed by atoms with Gasteiger partial charge in [0.1, 0.15) is 0 Å². The van der Waals surface area contributed by atoms with Crippen molar-refractivity contribution in [3.8, 4) is 0 Å². The average Bonchev–Trinajstić information content (AvgIpc) is 0.811. The van der Waals surface area contributed by atoms with Gasteiger partial charge in [0.25, 0.3) is 0 Å². The fourth-order valence-corrected chi connectivity index (χ4v) is 0. The van der Waals surface area contributed by atoms with Crippen molar-refractivity contribution >= 4 is 45.9 Å². The third-order valence-corrected chi connectivity index (χ3v) is 0. The van der Waals surface area contributed by atoms with E-state index >= 15 is 0 Å². The summed E-state index contributed by atoms with van der Waals surface area (Å²) in [5, 5.41) is 0. The number of hydrogen-bond acceptors (Lipinski definition) is 0. The molecule has 0 radical (unpaired) electrons. The molecule has 0 nitrogen and oxygen atoms in total. The van der Waals surface area contributed by atoms with Gasteiger partial charge in [-0.1, -0.05) is 0 Å². The quantitative estimate of drug-likeness (QED) is 0.470. The molecule has 0 amide bonds. The van der Waals surface area contributed by atoms with Crippen LogP contribution in [0.25, 0.3) is 0 Å². The summed E-state index contributed by atoms with van der Waals surface area (Å²) in [5.41, 5.74) is 0. The maximum absolute atomic E-state index is 9.85. The van der Waals surface area contributed by atoms with Crippen molar-refractivity contribution in [3.05, 3.63) is 0 Å². The van der Waals surface area contributed by atoms with Gasteiger partial charge in [-0.25, -0.2) is 0 Å². The molecule has 0 aliphatic carbocycles. The summed E-state index contributed by atoms with van der Waals surface area (Å²) in [5.74, 6) is 0. The predicted molar refractivity (Wildman–Crippen MR) is 24.5 cm³/mol. The molecule has 5 heteroatoms. The third kappa shape index (κ3) is 33.2. The summed E-state index contributed by atoms with van der Waals surface area (Å²) in [4.78, 5) is 0. The second-order valence-corrected chi connectivity index (χ2v) is 1.29. The Labute approximate surface area is 54.1 Å². The number of halogens is 4. The van der Waals surface area contributed by atoms with Crippen LogP contribution < -0.4 is 0 Å². The van der Waals surface area contributed by atoms with Crippen molar-refractivity contribution in [2.75, 3.05) is 0 Å². The van der Waals surface area contributed by atoms with E-state index in [2.05, 4.69) is 0 Å². The summed E-state index contributed by atoms with van der Waals surface area (Å²) < 4.78 is 29.6. The zero-order chi connectivity index (χ0) is 3.58. The fourth-order valence-electron chi connectivity index (χ4n) is 0. The van der Waals surface area contributed by atoms with Crippen LogP contribution >= 0.6 is 24.0 Å². The van der Waals surface area contributed by atoms with Gasteiger partial charge in [0.05, 0.1) is 0 Å². The Balaban J connectivity index is 0. The molecule has 0 saturated carbocycles. The summed E-state index contributed by atoms with van der Waals surface area (Å²) in [6.45, 7) is 0. The van der Waals surface area contributed by atoms with Gasteiger partial charge in [-0.15, -0.1) is 24.0 Å². The second-order valence-electron chi connectivity index (χ2n) is 0.192. The molecule has 0 rings (SSSR count). The molecule has 0 unspecified atom stereocenters. The van der Waals surface area contributed by atoms with Gasteiger partial charge in [-0.05, 0) is 0 Å². The van der Waals surface area contributed by atoms with E-state index in [1.807, 2.05) is 0 Å². The van der Waals surface area contributed by atoms with E-state index in [-0.39, 0.29) is 24.0 Å². The van der Waals surface area contributed by atoms with Crippen molar-refractivity contribution in [2.45, 2.75) is 0 Å². The monoisotopic (exact) mass is 306 g/mol. The Kier molecular flexibility index (Phi) is 10.2. The van der Waals surface area contributed by atoms with Crippen LogP contribution in [-0.4, -0.2) is 22.0 Å². The first-order valence-corrected chi connectivity index (χ1v) is 3.40. The summed E-state index contributed by atoms with van der Waals surface area (Å²) in [6.07, 6.45) is 0. The zero-order valence-corrected chi connectivity index (χ0v) is 6.87. The molecule has 0 aromatic carbocycles. The normalized spacial score (nSPS) is 7.20. The van der Waals surface area contributed by atoms with Crippen LogP contribution in [0.5, 0.6) is 0 Å². The maximum atomic E-state index is 9.85. The Morgan fingerprint density at radius 3 is 1.00 bits per heavy atom. The minimum atomic E-state index is -4.95. The van der Waals surface area contributed by atoms with Crippen molar-refractivity contribution in [1.29, 1.82) is 0 Å². The topological polar surface area (TPSA) is 0 Å². The molecule has 0 aliphatic heterocycles. The third-order valence-electron chi connectivity index (χ3n) is 0. The number of rotatable bonds is 0. The minimum absolute atomic E-state index is 0. The van der Waals surface area contributed by atoms with Crippen LogP contribution in [0.2, 0.25) is 0 Å². The molecule has 0 heterocycles. The first kappa shape index (κ1) is 9.60. The molecule has 0 bridgehead atoms. The van der Waals surface area contributed by atoms with E-state index in [9.17, 15) is 8.44 Å². The molecule has 0 aliphatic rings. The molecule has 0 aromatic rings. The van der Waals surface area contributed by atoms with E-state index in [0.29, 0.717) is 0 Å². The van der Waals surface area contributed by atoms with E-state index < -0.39 is 22.0 Å². The molecule has 5 heavy (non-hydrogen) atoms. The Morgan fingerprint density at radius 2 is 1.00 bits per heavy atom. The van der Waals surface area contributed by atoms with Gasteiger partial charge in [0.2, 0.25) is 0 Å². The first-order chi connectivity index (χ1) is 1.73. The molecule has 0 spiro atoms. The van der Waals surface area contributed by atoms with E-state index in [0.717, 1.165) is 0 Å². The van der Waals surface area contributed by atoms with Gasteiger partial charge in [-0.3, -0.25) is 0 Å². The molecule has 0 saturated heterocycles. The average molecular weight is 307 g/mol. The molecule has 0 aromatic heterocycles. The van der Waals surface area contributed by atoms with Crippen LogP contribution in [0.1, 0.15) is 0 Å². The van der Waals surface area contributed by atoms with Crippen LogP contribution in [-0.2, 0) is 0 Å². The summed E-state index contributed by atoms with van der Waals surface area (Å²) in [6, 6.07) is 0. The molecule has 34 valence electrons. The first-order valence-electron chi connectivity index (χ1n) is 0.507. The van der Waals surface area contributed by atoms with Crippen molar-refractivity contribution in [2.24, 2.45) is 0 Å². The standard InChI is InChI=1S/3FH.HI.Sb/h4*1H;/q;;;;+3/p-3. The molecule has 0 fully saturated rings. The molecular formula is HF3ISb. The van der Waals surface area contributed by atoms with Gasteiger partial charge in [0, 0.05) is 0 Å².